The van der Waals surface area contributed by atoms with Crippen LogP contribution in [0.15, 0.2) is 18.7 Å². The van der Waals surface area contributed by atoms with E-state index in [1.54, 1.807) is 6.92 Å². The fraction of sp³-hybridized carbons (Fsp3) is 0.636. The van der Waals surface area contributed by atoms with Gasteiger partial charge in [-0.3, -0.25) is 0 Å². The molecule has 0 bridgehead atoms. The van der Waals surface area contributed by atoms with Crippen LogP contribution in [0, 0.1) is 5.92 Å². The summed E-state index contributed by atoms with van der Waals surface area (Å²) >= 11 is 0. The molecule has 1 aromatic rings. The van der Waals surface area contributed by atoms with Gasteiger partial charge in [0.25, 0.3) is 0 Å². The van der Waals surface area contributed by atoms with Crippen molar-refractivity contribution in [3.05, 3.63) is 41.0 Å². The molecule has 0 aliphatic heterocycles. The lowest BCUT2D eigenvalue weighted by atomic mass is 9.88. The Kier molecular flexibility index (Phi) is 6.75. The minimum Gasteiger partial charge on any atom is -0.381 e. The summed E-state index contributed by atoms with van der Waals surface area (Å²) in [7, 11) is 0. The zero-order chi connectivity index (χ0) is 22.1. The molecule has 168 valence electrons. The second-order valence-corrected chi connectivity index (χ2v) is 8.38. The van der Waals surface area contributed by atoms with Gasteiger partial charge in [-0.2, -0.15) is 26.3 Å². The standard InChI is InChI=1S/C22H28F6N2/c1-3-15-10-16(21(23,24)25)11-17(22(26,27)28)20(15)13(2)30-19-7-5-4-6-18(19)29-12-14-8-9-14/h10-11,14,18-19,29-30H,2-9,12H2,1H3/t18-,19+/m0/s1. The smallest absolute Gasteiger partial charge is 0.381 e. The molecule has 2 aliphatic rings. The maximum absolute atomic E-state index is 13.7. The molecule has 0 saturated heterocycles. The summed E-state index contributed by atoms with van der Waals surface area (Å²) in [6.45, 7) is 6.26. The highest BCUT2D eigenvalue weighted by molar-refractivity contribution is 5.69. The third-order valence-corrected chi connectivity index (χ3v) is 6.03. The van der Waals surface area contributed by atoms with Gasteiger partial charge in [0.1, 0.15) is 0 Å². The molecule has 0 aromatic heterocycles. The van der Waals surface area contributed by atoms with Crippen molar-refractivity contribution in [3.8, 4) is 0 Å². The molecule has 0 unspecified atom stereocenters. The summed E-state index contributed by atoms with van der Waals surface area (Å²) < 4.78 is 80.7. The molecule has 3 rings (SSSR count). The van der Waals surface area contributed by atoms with Crippen LogP contribution in [0.25, 0.3) is 5.70 Å². The Bertz CT molecular complexity index is 764. The fourth-order valence-electron chi connectivity index (χ4n) is 4.21. The Morgan fingerprint density at radius 1 is 0.967 bits per heavy atom. The lowest BCUT2D eigenvalue weighted by molar-refractivity contribution is -0.143. The second-order valence-electron chi connectivity index (χ2n) is 8.38. The monoisotopic (exact) mass is 434 g/mol. The molecule has 2 saturated carbocycles. The van der Waals surface area contributed by atoms with Gasteiger partial charge in [-0.05, 0) is 62.3 Å². The molecule has 0 spiro atoms. The van der Waals surface area contributed by atoms with Crippen LogP contribution in [0.5, 0.6) is 0 Å². The predicted molar refractivity (Wildman–Crippen MR) is 105 cm³/mol. The molecule has 0 heterocycles. The van der Waals surface area contributed by atoms with E-state index in [1.165, 1.54) is 12.8 Å². The summed E-state index contributed by atoms with van der Waals surface area (Å²) in [5, 5.41) is 6.65. The van der Waals surface area contributed by atoms with Crippen molar-refractivity contribution in [2.75, 3.05) is 6.54 Å². The predicted octanol–water partition coefficient (Wildman–Crippen LogP) is 6.16. The molecular formula is C22H28F6N2. The maximum Gasteiger partial charge on any atom is 0.417 e. The van der Waals surface area contributed by atoms with Gasteiger partial charge in [-0.25, -0.2) is 0 Å². The molecule has 0 radical (unpaired) electrons. The molecule has 8 heteroatoms. The van der Waals surface area contributed by atoms with Gasteiger partial charge in [0.2, 0.25) is 0 Å². The minimum atomic E-state index is -4.92. The van der Waals surface area contributed by atoms with Gasteiger partial charge in [0.05, 0.1) is 11.1 Å². The first-order chi connectivity index (χ1) is 14.0. The fourth-order valence-corrected chi connectivity index (χ4v) is 4.21. The SMILES string of the molecule is C=C(N[C@@H]1CCCC[C@@H]1NCC1CC1)c1c(CC)cc(C(F)(F)F)cc1C(F)(F)F. The minimum absolute atomic E-state index is 0.00653. The van der Waals surface area contributed by atoms with E-state index in [0.717, 1.165) is 38.3 Å². The molecule has 2 atom stereocenters. The molecule has 2 N–H and O–H groups in total. The average Bonchev–Trinajstić information content (AvgIpc) is 3.49. The van der Waals surface area contributed by atoms with E-state index in [1.807, 2.05) is 0 Å². The normalized spacial score (nSPS) is 22.8. The Balaban J connectivity index is 1.89. The summed E-state index contributed by atoms with van der Waals surface area (Å²) in [5.41, 5.74) is -2.80. The van der Waals surface area contributed by atoms with E-state index < -0.39 is 23.5 Å². The molecule has 30 heavy (non-hydrogen) atoms. The van der Waals surface area contributed by atoms with Crippen molar-refractivity contribution in [2.24, 2.45) is 5.92 Å². The average molecular weight is 434 g/mol. The van der Waals surface area contributed by atoms with E-state index >= 15 is 0 Å². The van der Waals surface area contributed by atoms with Crippen LogP contribution in [0.3, 0.4) is 0 Å². The van der Waals surface area contributed by atoms with E-state index in [2.05, 4.69) is 17.2 Å². The topological polar surface area (TPSA) is 24.1 Å². The lowest BCUT2D eigenvalue weighted by Gasteiger charge is -2.35. The number of alkyl halides is 6. The van der Waals surface area contributed by atoms with Crippen molar-refractivity contribution < 1.29 is 26.3 Å². The second kappa shape index (κ2) is 8.81. The van der Waals surface area contributed by atoms with Crippen LogP contribution < -0.4 is 10.6 Å². The highest BCUT2D eigenvalue weighted by atomic mass is 19.4. The van der Waals surface area contributed by atoms with E-state index in [0.29, 0.717) is 5.92 Å². The highest BCUT2D eigenvalue weighted by Gasteiger charge is 2.40. The van der Waals surface area contributed by atoms with E-state index in [4.69, 9.17) is 0 Å². The number of halogens is 6. The van der Waals surface area contributed by atoms with Crippen LogP contribution in [0.4, 0.5) is 26.3 Å². The first-order valence-electron chi connectivity index (χ1n) is 10.5. The summed E-state index contributed by atoms with van der Waals surface area (Å²) in [6.07, 6.45) is -3.64. The zero-order valence-corrected chi connectivity index (χ0v) is 17.0. The Labute approximate surface area is 173 Å². The highest BCUT2D eigenvalue weighted by Crippen LogP contribution is 2.41. The van der Waals surface area contributed by atoms with Gasteiger partial charge in [0, 0.05) is 23.3 Å². The zero-order valence-electron chi connectivity index (χ0n) is 17.0. The van der Waals surface area contributed by atoms with Gasteiger partial charge in [-0.1, -0.05) is 26.3 Å². The molecule has 2 aliphatic carbocycles. The number of rotatable bonds is 7. The van der Waals surface area contributed by atoms with E-state index in [9.17, 15) is 26.3 Å². The Morgan fingerprint density at radius 2 is 1.60 bits per heavy atom. The van der Waals surface area contributed by atoms with Crippen LogP contribution in [0.2, 0.25) is 0 Å². The molecule has 0 amide bonds. The Hall–Kier alpha value is -1.70. The quantitative estimate of drug-likeness (QED) is 0.503. The number of benzene rings is 1. The van der Waals surface area contributed by atoms with Gasteiger partial charge >= 0.3 is 12.4 Å². The molecule has 2 fully saturated rings. The van der Waals surface area contributed by atoms with Gasteiger partial charge in [-0.15, -0.1) is 0 Å². The first-order valence-corrected chi connectivity index (χ1v) is 10.5. The number of hydrogen-bond donors (Lipinski definition) is 2. The van der Waals surface area contributed by atoms with Crippen LogP contribution >= 0.6 is 0 Å². The van der Waals surface area contributed by atoms with Crippen LogP contribution in [0.1, 0.15) is 67.7 Å². The van der Waals surface area contributed by atoms with Gasteiger partial charge < -0.3 is 10.6 Å². The third kappa shape index (κ3) is 5.50. The third-order valence-electron chi connectivity index (χ3n) is 6.03. The maximum atomic E-state index is 13.7. The molecule has 1 aromatic carbocycles. The van der Waals surface area contributed by atoms with Crippen molar-refractivity contribution in [1.29, 1.82) is 0 Å². The summed E-state index contributed by atoms with van der Waals surface area (Å²) in [4.78, 5) is 0. The molecular weight excluding hydrogens is 406 g/mol. The van der Waals surface area contributed by atoms with Gasteiger partial charge in [0.15, 0.2) is 0 Å². The first kappa shape index (κ1) is 23.0. The summed E-state index contributed by atoms with van der Waals surface area (Å²) in [6, 6.07) is 1.02. The van der Waals surface area contributed by atoms with Crippen LogP contribution in [-0.4, -0.2) is 18.6 Å². The van der Waals surface area contributed by atoms with E-state index in [-0.39, 0.29) is 41.4 Å². The van der Waals surface area contributed by atoms with Crippen LogP contribution in [-0.2, 0) is 18.8 Å². The number of hydrogen-bond acceptors (Lipinski definition) is 2. The number of nitrogens with one attached hydrogen (secondary N) is 2. The Morgan fingerprint density at radius 3 is 2.13 bits per heavy atom. The van der Waals surface area contributed by atoms with Crippen molar-refractivity contribution in [2.45, 2.75) is 76.3 Å². The number of aryl methyl sites for hydroxylation is 1. The van der Waals surface area contributed by atoms with Crippen molar-refractivity contribution >= 4 is 5.70 Å². The largest absolute Gasteiger partial charge is 0.417 e. The lowest BCUT2D eigenvalue weighted by Crippen LogP contribution is -2.49. The van der Waals surface area contributed by atoms with Crippen molar-refractivity contribution in [3.63, 3.8) is 0 Å². The van der Waals surface area contributed by atoms with Crippen molar-refractivity contribution in [1.82, 2.24) is 10.6 Å². The molecule has 2 nitrogen and oxygen atoms in total. The summed E-state index contributed by atoms with van der Waals surface area (Å²) in [5.74, 6) is 0.675.